The van der Waals surface area contributed by atoms with Crippen molar-refractivity contribution in [1.82, 2.24) is 0 Å². The predicted molar refractivity (Wildman–Crippen MR) is 24.9 cm³/mol. The van der Waals surface area contributed by atoms with E-state index in [0.29, 0.717) is 0 Å². The number of rotatable bonds is 1. The van der Waals surface area contributed by atoms with Gasteiger partial charge >= 0.3 is 19.5 Å². The number of hydrogen-bond acceptors (Lipinski definition) is 0. The second kappa shape index (κ2) is 10.2. The van der Waals surface area contributed by atoms with Gasteiger partial charge in [0.15, 0.2) is 0 Å². The molecule has 40 valence electrons. The van der Waals surface area contributed by atoms with E-state index in [4.69, 9.17) is 0 Å². The summed E-state index contributed by atoms with van der Waals surface area (Å²) < 4.78 is 0. The van der Waals surface area contributed by atoms with Crippen molar-refractivity contribution in [2.24, 2.45) is 0 Å². The Hall–Kier alpha value is 1.10. The minimum Gasteiger partial charge on any atom is -1.00 e. The van der Waals surface area contributed by atoms with Gasteiger partial charge in [0.05, 0.1) is 0 Å². The number of halogens is 1. The summed E-state index contributed by atoms with van der Waals surface area (Å²) in [4.78, 5) is 0. The molecule has 0 aromatic heterocycles. The zero-order valence-electron chi connectivity index (χ0n) is 5.29. The van der Waals surface area contributed by atoms with Crippen molar-refractivity contribution in [1.29, 1.82) is 0 Å². The Kier molecular flexibility index (Phi) is 22.8. The fraction of sp³-hybridized carbons (Fsp3) is 0.800. The molecule has 0 N–H and O–H groups in total. The molecule has 0 saturated heterocycles. The summed E-state index contributed by atoms with van der Waals surface area (Å²) >= 11 is 0. The molecule has 0 rings (SSSR count). The van der Waals surface area contributed by atoms with Gasteiger partial charge in [0, 0.05) is 0 Å². The Morgan fingerprint density at radius 3 is 1.43 bits per heavy atom. The van der Waals surface area contributed by atoms with E-state index in [1.165, 1.54) is 12.3 Å². The molecule has 0 spiro atoms. The maximum absolute atomic E-state index is 2.16. The van der Waals surface area contributed by atoms with E-state index >= 15 is 0 Å². The molecular weight excluding hydrogens is 205 g/mol. The van der Waals surface area contributed by atoms with Crippen LogP contribution in [0.25, 0.3) is 0 Å². The summed E-state index contributed by atoms with van der Waals surface area (Å²) in [6, 6.07) is 0. The van der Waals surface area contributed by atoms with Gasteiger partial charge in [-0.2, -0.15) is 20.3 Å². The van der Waals surface area contributed by atoms with Gasteiger partial charge in [-0.05, 0) is 0 Å². The van der Waals surface area contributed by atoms with Crippen molar-refractivity contribution in [3.05, 3.63) is 5.92 Å². The van der Waals surface area contributed by atoms with Gasteiger partial charge in [0.25, 0.3) is 0 Å². The maximum atomic E-state index is 2.16. The van der Waals surface area contributed by atoms with Crippen molar-refractivity contribution < 1.29 is 36.5 Å². The Labute approximate surface area is 69.6 Å². The van der Waals surface area contributed by atoms with Crippen LogP contribution >= 0.6 is 0 Å². The van der Waals surface area contributed by atoms with Gasteiger partial charge in [0.1, 0.15) is 0 Å². The molecule has 0 unspecified atom stereocenters. The van der Waals surface area contributed by atoms with Crippen LogP contribution in [0.15, 0.2) is 0 Å². The molecule has 7 heavy (non-hydrogen) atoms. The summed E-state index contributed by atoms with van der Waals surface area (Å²) in [5, 5.41) is 0. The van der Waals surface area contributed by atoms with Crippen LogP contribution in [-0.4, -0.2) is 0 Å². The molecule has 0 heterocycles. The van der Waals surface area contributed by atoms with Crippen LogP contribution in [0, 0.1) is 5.92 Å². The van der Waals surface area contributed by atoms with Crippen LogP contribution in [0.5, 0.6) is 0 Å². The first kappa shape index (κ1) is 15.7. The quantitative estimate of drug-likeness (QED) is 0.390. The molecular formula is C5H11BrZn. The molecule has 0 aliphatic rings. The molecule has 0 bridgehead atoms. The minimum absolute atomic E-state index is 0. The summed E-state index contributed by atoms with van der Waals surface area (Å²) in [6.07, 6.45) is 1.22. The Morgan fingerprint density at radius 2 is 1.43 bits per heavy atom. The molecule has 0 aromatic carbocycles. The summed E-state index contributed by atoms with van der Waals surface area (Å²) in [6.45, 7) is 6.44. The second-order valence-corrected chi connectivity index (χ2v) is 1.56. The van der Waals surface area contributed by atoms with Crippen molar-refractivity contribution in [3.8, 4) is 0 Å². The van der Waals surface area contributed by atoms with Crippen LogP contribution in [0.2, 0.25) is 0 Å². The molecule has 0 aliphatic heterocycles. The molecule has 0 fully saturated rings. The average molecular weight is 216 g/mol. The molecule has 0 atom stereocenters. The van der Waals surface area contributed by atoms with Crippen molar-refractivity contribution in [3.63, 3.8) is 0 Å². The van der Waals surface area contributed by atoms with Crippen molar-refractivity contribution in [2.45, 2.75) is 27.2 Å². The molecule has 0 saturated carbocycles. The Morgan fingerprint density at radius 1 is 1.29 bits per heavy atom. The van der Waals surface area contributed by atoms with Crippen LogP contribution in [0.3, 0.4) is 0 Å². The zero-order valence-corrected chi connectivity index (χ0v) is 9.85. The van der Waals surface area contributed by atoms with Gasteiger partial charge < -0.3 is 22.9 Å². The predicted octanol–water partition coefficient (Wildman–Crippen LogP) is -0.988. The Bertz CT molecular complexity index is 22.0. The van der Waals surface area contributed by atoms with Crippen LogP contribution in [0.4, 0.5) is 0 Å². The normalized spacial score (nSPS) is 6.86. The minimum atomic E-state index is 0. The van der Waals surface area contributed by atoms with Crippen LogP contribution in [-0.2, 0) is 19.5 Å². The van der Waals surface area contributed by atoms with Gasteiger partial charge in [-0.15, -0.1) is 0 Å². The monoisotopic (exact) mass is 214 g/mol. The molecule has 2 heteroatoms. The Balaban J connectivity index is -0.0000000800. The first-order chi connectivity index (χ1) is 2.27. The fourth-order valence-electron chi connectivity index (χ4n) is 0. The molecule has 0 aromatic rings. The smallest absolute Gasteiger partial charge is 1.00 e. The number of hydrogen-bond donors (Lipinski definition) is 0. The van der Waals surface area contributed by atoms with E-state index in [9.17, 15) is 0 Å². The fourth-order valence-corrected chi connectivity index (χ4v) is 0. The molecule has 0 radical (unpaired) electrons. The van der Waals surface area contributed by atoms with E-state index < -0.39 is 0 Å². The standard InChI is InChI=1S/C5H11.BrH.Zn/c1-4-5(2)3;;/h4H2,1-3H3;1H;/q-1;;+2/p-1. The summed E-state index contributed by atoms with van der Waals surface area (Å²) in [7, 11) is 0. The van der Waals surface area contributed by atoms with Gasteiger partial charge in [0.2, 0.25) is 0 Å². The van der Waals surface area contributed by atoms with Gasteiger partial charge in [-0.25, -0.2) is 0 Å². The summed E-state index contributed by atoms with van der Waals surface area (Å²) in [5.41, 5.74) is 0. The van der Waals surface area contributed by atoms with Gasteiger partial charge in [-0.3, -0.25) is 0 Å². The molecule has 0 nitrogen and oxygen atoms in total. The molecule has 0 amide bonds. The third-order valence-electron chi connectivity index (χ3n) is 0.707. The average Bonchev–Trinajstić information content (AvgIpc) is 1.38. The summed E-state index contributed by atoms with van der Waals surface area (Å²) in [5.74, 6) is 1.50. The van der Waals surface area contributed by atoms with E-state index in [0.717, 1.165) is 0 Å². The first-order valence-electron chi connectivity index (χ1n) is 2.06. The van der Waals surface area contributed by atoms with E-state index in [-0.39, 0.29) is 36.5 Å². The topological polar surface area (TPSA) is 0 Å². The zero-order chi connectivity index (χ0) is 4.28. The van der Waals surface area contributed by atoms with Crippen LogP contribution < -0.4 is 17.0 Å². The second-order valence-electron chi connectivity index (χ2n) is 1.56. The molecule has 0 aliphatic carbocycles. The SMILES string of the molecule is CC[C-](C)C.[Br-].[Zn+2]. The van der Waals surface area contributed by atoms with Crippen molar-refractivity contribution in [2.75, 3.05) is 0 Å². The largest absolute Gasteiger partial charge is 2.00 e. The van der Waals surface area contributed by atoms with Crippen LogP contribution in [0.1, 0.15) is 27.2 Å². The van der Waals surface area contributed by atoms with E-state index in [1.54, 1.807) is 0 Å². The first-order valence-corrected chi connectivity index (χ1v) is 2.06. The van der Waals surface area contributed by atoms with E-state index in [2.05, 4.69) is 20.8 Å². The van der Waals surface area contributed by atoms with Crippen molar-refractivity contribution >= 4 is 0 Å². The third kappa shape index (κ3) is 19.2. The third-order valence-corrected chi connectivity index (χ3v) is 0.707. The van der Waals surface area contributed by atoms with E-state index in [1.807, 2.05) is 0 Å². The van der Waals surface area contributed by atoms with Gasteiger partial charge in [-0.1, -0.05) is 6.92 Å². The maximum Gasteiger partial charge on any atom is 2.00 e.